The van der Waals surface area contributed by atoms with Gasteiger partial charge in [0.25, 0.3) is 0 Å². The summed E-state index contributed by atoms with van der Waals surface area (Å²) in [5.41, 5.74) is 2.86. The third-order valence-electron chi connectivity index (χ3n) is 6.04. The molecule has 0 N–H and O–H groups in total. The first kappa shape index (κ1) is 20.8. The monoisotopic (exact) mass is 401 g/mol. The molecule has 1 aromatic heterocycles. The van der Waals surface area contributed by atoms with E-state index in [9.17, 15) is 0 Å². The first-order valence-corrected chi connectivity index (χ1v) is 12.4. The summed E-state index contributed by atoms with van der Waals surface area (Å²) in [6.07, 6.45) is 2.32. The lowest BCUT2D eigenvalue weighted by Crippen LogP contribution is -2.56. The molecule has 1 aliphatic rings. The lowest BCUT2D eigenvalue weighted by molar-refractivity contribution is -0.0209. The van der Waals surface area contributed by atoms with Crippen LogP contribution in [0.2, 0.25) is 5.04 Å². The molecule has 0 saturated carbocycles. The Hall–Kier alpha value is -0.943. The molecule has 0 radical (unpaired) electrons. The number of piperidine rings is 1. The minimum atomic E-state index is -0.606. The van der Waals surface area contributed by atoms with Gasteiger partial charge in [-0.05, 0) is 72.8 Å². The Morgan fingerprint density at radius 1 is 1.04 bits per heavy atom. The third kappa shape index (κ3) is 4.92. The first-order chi connectivity index (χ1) is 12.7. The van der Waals surface area contributed by atoms with Crippen molar-refractivity contribution in [2.75, 3.05) is 13.1 Å². The normalized spacial score (nSPS) is 19.0. The molecule has 2 aromatic rings. The second-order valence-electron chi connectivity index (χ2n) is 9.72. The van der Waals surface area contributed by atoms with E-state index >= 15 is 0 Å². The maximum Gasteiger partial charge on any atom is 0.167 e. The van der Waals surface area contributed by atoms with Crippen LogP contribution in [0.4, 0.5) is 0 Å². The maximum atomic E-state index is 6.75. The summed E-state index contributed by atoms with van der Waals surface area (Å²) >= 11 is 1.80. The van der Waals surface area contributed by atoms with Crippen LogP contribution in [-0.2, 0) is 16.4 Å². The number of likely N-dealkylation sites (tertiary alicyclic amines) is 1. The molecule has 0 atom stereocenters. The van der Waals surface area contributed by atoms with Crippen LogP contribution in [0.5, 0.6) is 0 Å². The van der Waals surface area contributed by atoms with E-state index in [1.165, 1.54) is 11.1 Å². The molecule has 27 heavy (non-hydrogen) atoms. The van der Waals surface area contributed by atoms with E-state index in [1.54, 1.807) is 11.3 Å². The highest BCUT2D eigenvalue weighted by molar-refractivity contribution is 7.07. The van der Waals surface area contributed by atoms with Crippen molar-refractivity contribution < 1.29 is 4.43 Å². The molecule has 2 heterocycles. The maximum absolute atomic E-state index is 6.75. The van der Waals surface area contributed by atoms with Gasteiger partial charge < -0.3 is 4.43 Å². The van der Waals surface area contributed by atoms with Gasteiger partial charge in [0.05, 0.1) is 5.60 Å². The van der Waals surface area contributed by atoms with Crippen LogP contribution in [0.1, 0.15) is 58.6 Å². The van der Waals surface area contributed by atoms with Crippen molar-refractivity contribution >= 4 is 21.1 Å². The van der Waals surface area contributed by atoms with Crippen molar-refractivity contribution in [3.05, 3.63) is 58.3 Å². The van der Waals surface area contributed by atoms with Crippen molar-refractivity contribution in [3.63, 3.8) is 0 Å². The predicted octanol–water partition coefficient (Wildman–Crippen LogP) is 5.38. The van der Waals surface area contributed by atoms with Gasteiger partial charge in [0.1, 0.15) is 0 Å². The van der Waals surface area contributed by atoms with Gasteiger partial charge in [0.15, 0.2) is 9.76 Å². The molecule has 0 bridgehead atoms. The lowest BCUT2D eigenvalue weighted by atomic mass is 9.63. The second kappa shape index (κ2) is 8.20. The van der Waals surface area contributed by atoms with Gasteiger partial charge in [-0.25, -0.2) is 0 Å². The smallest absolute Gasteiger partial charge is 0.167 e. The van der Waals surface area contributed by atoms with Crippen LogP contribution >= 0.6 is 11.3 Å². The van der Waals surface area contributed by atoms with Crippen LogP contribution < -0.4 is 0 Å². The highest BCUT2D eigenvalue weighted by atomic mass is 32.1. The minimum Gasteiger partial charge on any atom is -0.418 e. The topological polar surface area (TPSA) is 12.5 Å². The zero-order valence-electron chi connectivity index (χ0n) is 17.6. The van der Waals surface area contributed by atoms with Gasteiger partial charge in [-0.3, -0.25) is 4.90 Å². The molecule has 0 unspecified atom stereocenters. The van der Waals surface area contributed by atoms with E-state index in [0.29, 0.717) is 5.04 Å². The van der Waals surface area contributed by atoms with E-state index in [0.717, 1.165) is 32.5 Å². The number of thiophene rings is 1. The van der Waals surface area contributed by atoms with Crippen molar-refractivity contribution in [2.45, 2.75) is 70.1 Å². The van der Waals surface area contributed by atoms with E-state index < -0.39 is 9.76 Å². The molecular weight excluding hydrogens is 366 g/mol. The highest BCUT2D eigenvalue weighted by Crippen LogP contribution is 2.47. The van der Waals surface area contributed by atoms with E-state index in [2.05, 4.69) is 86.7 Å². The molecule has 0 amide bonds. The summed E-state index contributed by atoms with van der Waals surface area (Å²) in [6.45, 7) is 15.0. The molecule has 4 heteroatoms. The van der Waals surface area contributed by atoms with Gasteiger partial charge in [-0.2, -0.15) is 11.3 Å². The standard InChI is InChI=1S/C23H35NOSSi/c1-21(2,3)27-25-22(4,5)23(20-9-7-6-8-10-20)12-14-24(15-13-23)17-19-11-16-26-18-19/h6-11,16,18H,12-15,17,27H2,1-5H3. The van der Waals surface area contributed by atoms with E-state index in [1.807, 2.05) is 0 Å². The molecule has 1 aromatic carbocycles. The summed E-state index contributed by atoms with van der Waals surface area (Å²) in [4.78, 5) is 2.61. The first-order valence-electron chi connectivity index (χ1n) is 10.1. The average molecular weight is 402 g/mol. The largest absolute Gasteiger partial charge is 0.418 e. The van der Waals surface area contributed by atoms with Crippen LogP contribution in [0, 0.1) is 0 Å². The molecule has 1 aliphatic heterocycles. The fourth-order valence-corrected chi connectivity index (χ4v) is 5.99. The fourth-order valence-electron chi connectivity index (χ4n) is 4.26. The number of nitrogens with zero attached hydrogens (tertiary/aromatic N) is 1. The van der Waals surface area contributed by atoms with Gasteiger partial charge in [-0.1, -0.05) is 51.1 Å². The average Bonchev–Trinajstić information content (AvgIpc) is 3.14. The number of hydrogen-bond acceptors (Lipinski definition) is 3. The molecule has 1 fully saturated rings. The zero-order valence-corrected chi connectivity index (χ0v) is 19.9. The van der Waals surface area contributed by atoms with Crippen molar-refractivity contribution in [1.82, 2.24) is 4.90 Å². The molecule has 3 rings (SSSR count). The Bertz CT molecular complexity index is 698. The molecule has 0 spiro atoms. The van der Waals surface area contributed by atoms with Crippen LogP contribution in [0.3, 0.4) is 0 Å². The van der Waals surface area contributed by atoms with E-state index in [-0.39, 0.29) is 11.0 Å². The lowest BCUT2D eigenvalue weighted by Gasteiger charge is -2.52. The minimum absolute atomic E-state index is 0.0949. The Morgan fingerprint density at radius 2 is 1.70 bits per heavy atom. The molecule has 2 nitrogen and oxygen atoms in total. The van der Waals surface area contributed by atoms with Crippen LogP contribution in [0.15, 0.2) is 47.2 Å². The number of rotatable bonds is 6. The quantitative estimate of drug-likeness (QED) is 0.603. The summed E-state index contributed by atoms with van der Waals surface area (Å²) in [5, 5.41) is 4.78. The summed E-state index contributed by atoms with van der Waals surface area (Å²) in [7, 11) is -0.606. The Kier molecular flexibility index (Phi) is 6.31. The Morgan fingerprint density at radius 3 is 2.26 bits per heavy atom. The third-order valence-corrected chi connectivity index (χ3v) is 8.50. The Labute approximate surface area is 171 Å². The molecule has 0 aliphatic carbocycles. The summed E-state index contributed by atoms with van der Waals surface area (Å²) in [6, 6.07) is 13.4. The summed E-state index contributed by atoms with van der Waals surface area (Å²) in [5.74, 6) is 0. The van der Waals surface area contributed by atoms with E-state index in [4.69, 9.17) is 4.43 Å². The van der Waals surface area contributed by atoms with Crippen LogP contribution in [0.25, 0.3) is 0 Å². The van der Waals surface area contributed by atoms with Crippen molar-refractivity contribution in [1.29, 1.82) is 0 Å². The summed E-state index contributed by atoms with van der Waals surface area (Å²) < 4.78 is 6.75. The molecular formula is C23H35NOSSi. The highest BCUT2D eigenvalue weighted by Gasteiger charge is 2.48. The van der Waals surface area contributed by atoms with Gasteiger partial charge >= 0.3 is 0 Å². The van der Waals surface area contributed by atoms with Gasteiger partial charge in [-0.15, -0.1) is 0 Å². The van der Waals surface area contributed by atoms with Crippen molar-refractivity contribution in [2.24, 2.45) is 0 Å². The predicted molar refractivity (Wildman–Crippen MR) is 120 cm³/mol. The van der Waals surface area contributed by atoms with Gasteiger partial charge in [0, 0.05) is 12.0 Å². The van der Waals surface area contributed by atoms with Crippen LogP contribution in [-0.4, -0.2) is 33.4 Å². The van der Waals surface area contributed by atoms with Gasteiger partial charge in [0.2, 0.25) is 0 Å². The van der Waals surface area contributed by atoms with Crippen molar-refractivity contribution in [3.8, 4) is 0 Å². The number of hydrogen-bond donors (Lipinski definition) is 0. The SMILES string of the molecule is CC(C)(C)[SiH2]OC(C)(C)C1(c2ccccc2)CCN(Cc2ccsc2)CC1. The second-order valence-corrected chi connectivity index (χ2v) is 13.2. The molecule has 1 saturated heterocycles. The molecule has 148 valence electrons. The Balaban J connectivity index is 1.80. The number of benzene rings is 1. The zero-order chi connectivity index (χ0) is 19.5. The fraction of sp³-hybridized carbons (Fsp3) is 0.565.